The van der Waals surface area contributed by atoms with Crippen molar-refractivity contribution in [2.75, 3.05) is 26.4 Å². The minimum Gasteiger partial charge on any atom is -0.327 e. The van der Waals surface area contributed by atoms with E-state index in [1.807, 2.05) is 0 Å². The van der Waals surface area contributed by atoms with Gasteiger partial charge in [0.15, 0.2) is 0 Å². The summed E-state index contributed by atoms with van der Waals surface area (Å²) in [6, 6.07) is 6.49. The van der Waals surface area contributed by atoms with E-state index in [1.165, 1.54) is 11.1 Å². The van der Waals surface area contributed by atoms with Crippen LogP contribution in [0.25, 0.3) is 11.0 Å². The molecule has 0 bridgehead atoms. The first-order valence-electron chi connectivity index (χ1n) is 6.33. The van der Waals surface area contributed by atoms with Gasteiger partial charge < -0.3 is 9.47 Å². The van der Waals surface area contributed by atoms with E-state index in [2.05, 4.69) is 61.3 Å². The SMILES string of the molecule is Cc1ccc2c(c1)nc(CCS)n2CCN(C)C. The first kappa shape index (κ1) is 13.4. The molecule has 0 fully saturated rings. The number of nitrogens with zero attached hydrogens (tertiary/aromatic N) is 3. The van der Waals surface area contributed by atoms with Gasteiger partial charge in [-0.3, -0.25) is 0 Å². The molecular weight excluding hydrogens is 242 g/mol. The first-order chi connectivity index (χ1) is 8.61. The average Bonchev–Trinajstić information content (AvgIpc) is 2.63. The van der Waals surface area contributed by atoms with Gasteiger partial charge in [0.25, 0.3) is 0 Å². The Labute approximate surface area is 114 Å². The van der Waals surface area contributed by atoms with Crippen LogP contribution in [0.1, 0.15) is 11.4 Å². The summed E-state index contributed by atoms with van der Waals surface area (Å²) in [6.45, 7) is 4.12. The molecule has 2 aromatic rings. The Morgan fingerprint density at radius 2 is 2.11 bits per heavy atom. The van der Waals surface area contributed by atoms with Crippen LogP contribution in [-0.2, 0) is 13.0 Å². The monoisotopic (exact) mass is 263 g/mol. The summed E-state index contributed by atoms with van der Waals surface area (Å²) in [4.78, 5) is 6.94. The number of likely N-dealkylation sites (N-methyl/N-ethyl adjacent to an activating group) is 1. The van der Waals surface area contributed by atoms with E-state index in [0.717, 1.165) is 36.6 Å². The van der Waals surface area contributed by atoms with Crippen molar-refractivity contribution in [2.24, 2.45) is 0 Å². The van der Waals surface area contributed by atoms with E-state index in [0.29, 0.717) is 0 Å². The second-order valence-corrected chi connectivity index (χ2v) is 5.40. The Kier molecular flexibility index (Phi) is 4.30. The van der Waals surface area contributed by atoms with Gasteiger partial charge in [0.05, 0.1) is 11.0 Å². The summed E-state index contributed by atoms with van der Waals surface area (Å²) >= 11 is 4.33. The lowest BCUT2D eigenvalue weighted by Gasteiger charge is -2.13. The van der Waals surface area contributed by atoms with Crippen LogP contribution in [-0.4, -0.2) is 40.8 Å². The van der Waals surface area contributed by atoms with Crippen molar-refractivity contribution < 1.29 is 0 Å². The largest absolute Gasteiger partial charge is 0.327 e. The summed E-state index contributed by atoms with van der Waals surface area (Å²) in [6.07, 6.45) is 0.921. The van der Waals surface area contributed by atoms with Crippen molar-refractivity contribution >= 4 is 23.7 Å². The molecule has 1 heterocycles. The van der Waals surface area contributed by atoms with Gasteiger partial charge in [0.1, 0.15) is 5.82 Å². The van der Waals surface area contributed by atoms with Crippen molar-refractivity contribution in [3.63, 3.8) is 0 Å². The number of imidazole rings is 1. The molecule has 0 atom stereocenters. The summed E-state index contributed by atoms with van der Waals surface area (Å²) in [5.41, 5.74) is 3.60. The van der Waals surface area contributed by atoms with Gasteiger partial charge in [-0.15, -0.1) is 0 Å². The van der Waals surface area contributed by atoms with Crippen LogP contribution in [0.5, 0.6) is 0 Å². The maximum Gasteiger partial charge on any atom is 0.110 e. The van der Waals surface area contributed by atoms with Gasteiger partial charge >= 0.3 is 0 Å². The molecule has 18 heavy (non-hydrogen) atoms. The molecule has 0 spiro atoms. The lowest BCUT2D eigenvalue weighted by Crippen LogP contribution is -2.19. The molecule has 0 aliphatic carbocycles. The van der Waals surface area contributed by atoms with Crippen molar-refractivity contribution in [3.8, 4) is 0 Å². The molecule has 3 nitrogen and oxygen atoms in total. The first-order valence-corrected chi connectivity index (χ1v) is 6.96. The van der Waals surface area contributed by atoms with E-state index >= 15 is 0 Å². The van der Waals surface area contributed by atoms with Crippen LogP contribution in [0.2, 0.25) is 0 Å². The number of thiol groups is 1. The summed E-state index contributed by atoms with van der Waals surface area (Å²) in [5.74, 6) is 1.98. The third-order valence-corrected chi connectivity index (χ3v) is 3.31. The van der Waals surface area contributed by atoms with Crippen molar-refractivity contribution in [3.05, 3.63) is 29.6 Å². The Morgan fingerprint density at radius 1 is 1.33 bits per heavy atom. The maximum absolute atomic E-state index is 4.74. The smallest absolute Gasteiger partial charge is 0.110 e. The predicted octanol–water partition coefficient (Wildman–Crippen LogP) is 2.38. The number of hydrogen-bond donors (Lipinski definition) is 1. The number of aromatic nitrogens is 2. The number of fused-ring (bicyclic) bond motifs is 1. The molecule has 1 aromatic carbocycles. The molecule has 1 aromatic heterocycles. The fraction of sp³-hybridized carbons (Fsp3) is 0.500. The molecule has 0 unspecified atom stereocenters. The van der Waals surface area contributed by atoms with Crippen molar-refractivity contribution in [1.82, 2.24) is 14.5 Å². The second-order valence-electron chi connectivity index (χ2n) is 4.95. The van der Waals surface area contributed by atoms with Crippen LogP contribution >= 0.6 is 12.6 Å². The van der Waals surface area contributed by atoms with E-state index in [9.17, 15) is 0 Å². The third-order valence-electron chi connectivity index (χ3n) is 3.09. The molecule has 0 aliphatic rings. The highest BCUT2D eigenvalue weighted by molar-refractivity contribution is 7.80. The molecule has 2 rings (SSSR count). The Balaban J connectivity index is 2.41. The molecule has 0 saturated carbocycles. The maximum atomic E-state index is 4.74. The van der Waals surface area contributed by atoms with Gasteiger partial charge in [-0.2, -0.15) is 12.6 Å². The zero-order valence-corrected chi connectivity index (χ0v) is 12.2. The predicted molar refractivity (Wildman–Crippen MR) is 80.6 cm³/mol. The number of rotatable bonds is 5. The van der Waals surface area contributed by atoms with Gasteiger partial charge in [-0.1, -0.05) is 6.07 Å². The molecule has 0 N–H and O–H groups in total. The van der Waals surface area contributed by atoms with E-state index in [-0.39, 0.29) is 0 Å². The van der Waals surface area contributed by atoms with Crippen LogP contribution in [0, 0.1) is 6.92 Å². The number of aryl methyl sites for hydroxylation is 2. The van der Waals surface area contributed by atoms with Crippen LogP contribution < -0.4 is 0 Å². The molecule has 0 aliphatic heterocycles. The molecule has 98 valence electrons. The molecular formula is C14H21N3S. The van der Waals surface area contributed by atoms with Crippen molar-refractivity contribution in [2.45, 2.75) is 19.9 Å². The van der Waals surface area contributed by atoms with Crippen LogP contribution in [0.3, 0.4) is 0 Å². The van der Waals surface area contributed by atoms with Crippen LogP contribution in [0.15, 0.2) is 18.2 Å². The standard InChI is InChI=1S/C14H21N3S/c1-11-4-5-13-12(10-11)15-14(6-9-18)17(13)8-7-16(2)3/h4-5,10,18H,6-9H2,1-3H3. The van der Waals surface area contributed by atoms with E-state index in [4.69, 9.17) is 4.98 Å². The lowest BCUT2D eigenvalue weighted by atomic mass is 10.2. The van der Waals surface area contributed by atoms with E-state index in [1.54, 1.807) is 0 Å². The highest BCUT2D eigenvalue weighted by atomic mass is 32.1. The molecule has 0 saturated heterocycles. The normalized spacial score (nSPS) is 11.6. The summed E-state index contributed by atoms with van der Waals surface area (Å²) in [7, 11) is 4.20. The molecule has 0 amide bonds. The zero-order chi connectivity index (χ0) is 13.1. The highest BCUT2D eigenvalue weighted by Crippen LogP contribution is 2.18. The van der Waals surface area contributed by atoms with Gasteiger partial charge in [0, 0.05) is 19.5 Å². The second kappa shape index (κ2) is 5.76. The quantitative estimate of drug-likeness (QED) is 0.836. The average molecular weight is 263 g/mol. The molecule has 0 radical (unpaired) electrons. The van der Waals surface area contributed by atoms with Gasteiger partial charge in [0.2, 0.25) is 0 Å². The fourth-order valence-electron chi connectivity index (χ4n) is 2.13. The Bertz CT molecular complexity index is 531. The zero-order valence-electron chi connectivity index (χ0n) is 11.3. The minimum atomic E-state index is 0.838. The third kappa shape index (κ3) is 2.87. The molecule has 4 heteroatoms. The Hall–Kier alpha value is -1.00. The lowest BCUT2D eigenvalue weighted by molar-refractivity contribution is 0.383. The summed E-state index contributed by atoms with van der Waals surface area (Å²) < 4.78 is 2.32. The summed E-state index contributed by atoms with van der Waals surface area (Å²) in [5, 5.41) is 0. The topological polar surface area (TPSA) is 21.1 Å². The van der Waals surface area contributed by atoms with Crippen molar-refractivity contribution in [1.29, 1.82) is 0 Å². The van der Waals surface area contributed by atoms with Gasteiger partial charge in [-0.25, -0.2) is 4.98 Å². The highest BCUT2D eigenvalue weighted by Gasteiger charge is 2.10. The fourth-order valence-corrected chi connectivity index (χ4v) is 2.33. The number of hydrogen-bond acceptors (Lipinski definition) is 3. The van der Waals surface area contributed by atoms with Crippen LogP contribution in [0.4, 0.5) is 0 Å². The Morgan fingerprint density at radius 3 is 2.78 bits per heavy atom. The van der Waals surface area contributed by atoms with E-state index < -0.39 is 0 Å². The van der Waals surface area contributed by atoms with Gasteiger partial charge in [-0.05, 0) is 44.5 Å². The minimum absolute atomic E-state index is 0.838. The number of benzene rings is 1.